The summed E-state index contributed by atoms with van der Waals surface area (Å²) in [6, 6.07) is 4.15. The molecule has 1 aromatic rings. The second-order valence-electron chi connectivity index (χ2n) is 5.89. The summed E-state index contributed by atoms with van der Waals surface area (Å²) in [5, 5.41) is 12.1. The van der Waals surface area contributed by atoms with Gasteiger partial charge in [-0.2, -0.15) is 0 Å². The number of carbonyl (C=O) groups is 3. The zero-order valence-corrected chi connectivity index (χ0v) is 14.2. The molecule has 134 valence electrons. The Balaban J connectivity index is 1.71. The van der Waals surface area contributed by atoms with Crippen molar-refractivity contribution in [1.29, 1.82) is 0 Å². The minimum Gasteiger partial charge on any atom is -0.465 e. The Morgan fingerprint density at radius 1 is 1.32 bits per heavy atom. The topological polar surface area (TPSA) is 99.2 Å². The van der Waals surface area contributed by atoms with Gasteiger partial charge in [0.25, 0.3) is 5.91 Å². The molecule has 0 aromatic heterocycles. The van der Waals surface area contributed by atoms with Crippen molar-refractivity contribution in [3.8, 4) is 0 Å². The lowest BCUT2D eigenvalue weighted by Gasteiger charge is -2.28. The summed E-state index contributed by atoms with van der Waals surface area (Å²) in [6.45, 7) is 1.22. The second-order valence-corrected chi connectivity index (χ2v) is 6.29. The summed E-state index contributed by atoms with van der Waals surface area (Å²) in [4.78, 5) is 38.1. The summed E-state index contributed by atoms with van der Waals surface area (Å²) in [7, 11) is 0. The number of hydrogen-bond acceptors (Lipinski definition) is 4. The molecule has 2 aliphatic rings. The molecule has 1 unspecified atom stereocenters. The van der Waals surface area contributed by atoms with Crippen LogP contribution in [0, 0.1) is 0 Å². The number of amides is 3. The highest BCUT2D eigenvalue weighted by molar-refractivity contribution is 6.34. The number of nitrogens with zero attached hydrogens (tertiary/aromatic N) is 2. The second kappa shape index (κ2) is 7.28. The first kappa shape index (κ1) is 17.5. The predicted molar refractivity (Wildman–Crippen MR) is 91.0 cm³/mol. The number of hydrogen-bond donors (Lipinski definition) is 2. The van der Waals surface area contributed by atoms with Crippen LogP contribution in [0.3, 0.4) is 0 Å². The van der Waals surface area contributed by atoms with Gasteiger partial charge < -0.3 is 20.1 Å². The number of likely N-dealkylation sites (tertiary alicyclic amines) is 1. The molecule has 0 spiro atoms. The quantitative estimate of drug-likeness (QED) is 0.848. The maximum atomic E-state index is 12.3. The monoisotopic (exact) mass is 367 g/mol. The van der Waals surface area contributed by atoms with Crippen LogP contribution in [-0.4, -0.2) is 60.3 Å². The average molecular weight is 368 g/mol. The first-order valence-corrected chi connectivity index (χ1v) is 8.33. The molecule has 3 rings (SSSR count). The van der Waals surface area contributed by atoms with E-state index in [0.29, 0.717) is 48.9 Å². The highest BCUT2D eigenvalue weighted by Gasteiger charge is 2.34. The van der Waals surface area contributed by atoms with Gasteiger partial charge in [-0.3, -0.25) is 14.5 Å². The van der Waals surface area contributed by atoms with Crippen LogP contribution in [0.2, 0.25) is 5.02 Å². The van der Waals surface area contributed by atoms with Crippen LogP contribution in [0.5, 0.6) is 0 Å². The molecular weight excluding hydrogens is 350 g/mol. The molecule has 0 aliphatic carbocycles. The average Bonchev–Trinajstić information content (AvgIpc) is 3.06. The smallest absolute Gasteiger partial charge is 0.407 e. The Morgan fingerprint density at radius 2 is 2.12 bits per heavy atom. The van der Waals surface area contributed by atoms with E-state index in [1.807, 2.05) is 0 Å². The number of carboxylic acid groups (broad SMARTS) is 1. The third-order valence-electron chi connectivity index (χ3n) is 4.29. The number of ether oxygens (including phenoxy) is 1. The standard InChI is InChI=1S/C16H18ClN3O5/c17-11-8-10(3-4-12(11)19-6-7-25-9-14(19)21)18-15(22)13-2-1-5-20(13)16(23)24/h3-4,8,13H,1-2,5-7,9H2,(H,18,22)(H,23,24). The first-order valence-electron chi connectivity index (χ1n) is 7.95. The molecule has 3 amide bonds. The molecule has 2 aliphatic heterocycles. The van der Waals surface area contributed by atoms with Gasteiger partial charge in [-0.1, -0.05) is 11.6 Å². The van der Waals surface area contributed by atoms with E-state index in [0.717, 1.165) is 4.90 Å². The molecule has 0 radical (unpaired) electrons. The number of benzene rings is 1. The van der Waals surface area contributed by atoms with E-state index in [1.54, 1.807) is 23.1 Å². The summed E-state index contributed by atoms with van der Waals surface area (Å²) >= 11 is 6.26. The Bertz CT molecular complexity index is 711. The van der Waals surface area contributed by atoms with Crippen molar-refractivity contribution in [3.05, 3.63) is 23.2 Å². The summed E-state index contributed by atoms with van der Waals surface area (Å²) in [5.74, 6) is -0.556. The molecule has 0 bridgehead atoms. The van der Waals surface area contributed by atoms with E-state index in [2.05, 4.69) is 5.32 Å². The van der Waals surface area contributed by atoms with Crippen molar-refractivity contribution in [1.82, 2.24) is 4.90 Å². The normalized spacial score (nSPS) is 20.7. The van der Waals surface area contributed by atoms with Crippen LogP contribution < -0.4 is 10.2 Å². The molecule has 0 saturated carbocycles. The van der Waals surface area contributed by atoms with Gasteiger partial charge in [-0.15, -0.1) is 0 Å². The molecule has 1 atom stereocenters. The van der Waals surface area contributed by atoms with Gasteiger partial charge >= 0.3 is 6.09 Å². The van der Waals surface area contributed by atoms with Gasteiger partial charge in [0.05, 0.1) is 17.3 Å². The molecule has 2 heterocycles. The summed E-state index contributed by atoms with van der Waals surface area (Å²) in [5.41, 5.74) is 1.01. The maximum Gasteiger partial charge on any atom is 0.407 e. The van der Waals surface area contributed by atoms with Crippen molar-refractivity contribution in [2.24, 2.45) is 0 Å². The Kier molecular flexibility index (Phi) is 5.10. The number of rotatable bonds is 3. The van der Waals surface area contributed by atoms with Gasteiger partial charge in [-0.05, 0) is 31.0 Å². The van der Waals surface area contributed by atoms with Crippen molar-refractivity contribution < 1.29 is 24.2 Å². The van der Waals surface area contributed by atoms with Crippen LogP contribution in [0.25, 0.3) is 0 Å². The Hall–Kier alpha value is -2.32. The number of anilines is 2. The lowest BCUT2D eigenvalue weighted by Crippen LogP contribution is -2.42. The first-order chi connectivity index (χ1) is 12.0. The molecule has 2 saturated heterocycles. The number of nitrogens with one attached hydrogen (secondary N) is 1. The third-order valence-corrected chi connectivity index (χ3v) is 4.60. The van der Waals surface area contributed by atoms with Crippen molar-refractivity contribution in [3.63, 3.8) is 0 Å². The van der Waals surface area contributed by atoms with Gasteiger partial charge in [-0.25, -0.2) is 4.79 Å². The van der Waals surface area contributed by atoms with Crippen molar-refractivity contribution >= 4 is 40.9 Å². The van der Waals surface area contributed by atoms with Crippen molar-refractivity contribution in [2.75, 3.05) is 36.5 Å². The fraction of sp³-hybridized carbons (Fsp3) is 0.438. The largest absolute Gasteiger partial charge is 0.465 e. The summed E-state index contributed by atoms with van der Waals surface area (Å²) < 4.78 is 5.09. The molecule has 2 fully saturated rings. The zero-order chi connectivity index (χ0) is 18.0. The molecular formula is C16H18ClN3O5. The van der Waals surface area contributed by atoms with E-state index in [-0.39, 0.29) is 18.4 Å². The van der Waals surface area contributed by atoms with Crippen LogP contribution in [0.1, 0.15) is 12.8 Å². The molecule has 2 N–H and O–H groups in total. The number of morpholine rings is 1. The number of carbonyl (C=O) groups excluding carboxylic acids is 2. The minimum absolute atomic E-state index is 0.0154. The zero-order valence-electron chi connectivity index (χ0n) is 13.4. The minimum atomic E-state index is -1.10. The fourth-order valence-corrected chi connectivity index (χ4v) is 3.35. The fourth-order valence-electron chi connectivity index (χ4n) is 3.07. The number of halogens is 1. The van der Waals surface area contributed by atoms with E-state index in [4.69, 9.17) is 21.4 Å². The Labute approximate surface area is 149 Å². The van der Waals surface area contributed by atoms with Gasteiger partial charge in [0.2, 0.25) is 5.91 Å². The third kappa shape index (κ3) is 3.69. The van der Waals surface area contributed by atoms with Crippen LogP contribution >= 0.6 is 11.6 Å². The highest BCUT2D eigenvalue weighted by atomic mass is 35.5. The van der Waals surface area contributed by atoms with E-state index >= 15 is 0 Å². The van der Waals surface area contributed by atoms with Crippen LogP contribution in [-0.2, 0) is 14.3 Å². The van der Waals surface area contributed by atoms with Crippen molar-refractivity contribution in [2.45, 2.75) is 18.9 Å². The van der Waals surface area contributed by atoms with E-state index in [1.165, 1.54) is 0 Å². The van der Waals surface area contributed by atoms with Crippen LogP contribution in [0.15, 0.2) is 18.2 Å². The maximum absolute atomic E-state index is 12.3. The highest BCUT2D eigenvalue weighted by Crippen LogP contribution is 2.30. The lowest BCUT2D eigenvalue weighted by atomic mass is 10.2. The Morgan fingerprint density at radius 3 is 2.80 bits per heavy atom. The van der Waals surface area contributed by atoms with E-state index < -0.39 is 12.1 Å². The SMILES string of the molecule is O=C(Nc1ccc(N2CCOCC2=O)c(Cl)c1)C1CCCN1C(=O)O. The summed E-state index contributed by atoms with van der Waals surface area (Å²) in [6.07, 6.45) is 0.0481. The molecule has 1 aromatic carbocycles. The van der Waals surface area contributed by atoms with Gasteiger partial charge in [0.1, 0.15) is 12.6 Å². The molecule has 25 heavy (non-hydrogen) atoms. The molecule has 9 heteroatoms. The lowest BCUT2D eigenvalue weighted by molar-refractivity contribution is -0.125. The van der Waals surface area contributed by atoms with Gasteiger partial charge in [0, 0.05) is 18.8 Å². The van der Waals surface area contributed by atoms with E-state index in [9.17, 15) is 14.4 Å². The van der Waals surface area contributed by atoms with Gasteiger partial charge in [0.15, 0.2) is 0 Å². The predicted octanol–water partition coefficient (Wildman–Crippen LogP) is 1.78. The van der Waals surface area contributed by atoms with Crippen LogP contribution in [0.4, 0.5) is 16.2 Å². The molecule has 8 nitrogen and oxygen atoms in total.